The van der Waals surface area contributed by atoms with Crippen LogP contribution >= 0.6 is 0 Å². The molecule has 6 rings (SSSR count). The van der Waals surface area contributed by atoms with E-state index in [0.717, 1.165) is 89.3 Å². The normalized spacial score (nSPS) is 15.3. The summed E-state index contributed by atoms with van der Waals surface area (Å²) in [6.45, 7) is 10.1. The maximum atomic E-state index is 4.77. The van der Waals surface area contributed by atoms with Gasteiger partial charge in [0.15, 0.2) is 0 Å². The van der Waals surface area contributed by atoms with E-state index in [2.05, 4.69) is 95.0 Å². The molecule has 0 aliphatic carbocycles. The molecule has 7 heteroatoms. The maximum Gasteiger partial charge on any atom is 0.138 e. The Hall–Kier alpha value is -4.49. The molecule has 0 spiro atoms. The first-order chi connectivity index (χ1) is 19.6. The number of hydrogen-bond donors (Lipinski definition) is 2. The molecule has 202 valence electrons. The molecule has 5 heterocycles. The van der Waals surface area contributed by atoms with Crippen LogP contribution in [0.4, 0.5) is 5.82 Å². The number of fused-ring (bicyclic) bond motifs is 2. The number of aromatic nitrogens is 5. The van der Waals surface area contributed by atoms with Crippen molar-refractivity contribution in [2.75, 3.05) is 38.1 Å². The first-order valence-electron chi connectivity index (χ1n) is 13.9. The van der Waals surface area contributed by atoms with Crippen molar-refractivity contribution in [2.24, 2.45) is 0 Å². The molecule has 0 atom stereocenters. The molecule has 1 fully saturated rings. The maximum absolute atomic E-state index is 4.77. The molecule has 5 aromatic rings. The van der Waals surface area contributed by atoms with Crippen molar-refractivity contribution in [1.82, 2.24) is 30.0 Å². The van der Waals surface area contributed by atoms with Gasteiger partial charge in [-0.05, 0) is 67.8 Å². The van der Waals surface area contributed by atoms with Gasteiger partial charge >= 0.3 is 0 Å². The predicted octanol–water partition coefficient (Wildman–Crippen LogP) is 6.40. The zero-order valence-electron chi connectivity index (χ0n) is 23.2. The van der Waals surface area contributed by atoms with Crippen LogP contribution in [0.5, 0.6) is 0 Å². The number of pyridine rings is 2. The largest absolute Gasteiger partial charge is 0.353 e. The fourth-order valence-electron chi connectivity index (χ4n) is 5.39. The topological polar surface area (TPSA) is 76.7 Å². The number of allylic oxidation sites excluding steroid dienone is 5. The number of aryl methyl sites for hydroxylation is 1. The van der Waals surface area contributed by atoms with E-state index in [4.69, 9.17) is 15.1 Å². The summed E-state index contributed by atoms with van der Waals surface area (Å²) in [5.74, 6) is 1.03. The molecule has 1 aliphatic heterocycles. The molecule has 1 saturated heterocycles. The molecule has 0 radical (unpaired) electrons. The molecule has 0 unspecified atom stereocenters. The molecule has 0 saturated carbocycles. The minimum atomic E-state index is 0.881. The van der Waals surface area contributed by atoms with E-state index in [1.807, 2.05) is 24.5 Å². The molecule has 7 nitrogen and oxygen atoms in total. The van der Waals surface area contributed by atoms with E-state index in [0.29, 0.717) is 0 Å². The van der Waals surface area contributed by atoms with E-state index in [1.54, 1.807) is 0 Å². The van der Waals surface area contributed by atoms with E-state index in [-0.39, 0.29) is 0 Å². The van der Waals surface area contributed by atoms with E-state index in [9.17, 15) is 0 Å². The highest BCUT2D eigenvalue weighted by Crippen LogP contribution is 2.33. The lowest BCUT2D eigenvalue weighted by Gasteiger charge is -2.33. The smallest absolute Gasteiger partial charge is 0.138 e. The molecule has 1 aliphatic rings. The molecule has 0 amide bonds. The summed E-state index contributed by atoms with van der Waals surface area (Å²) in [7, 11) is 2.17. The molecule has 4 aromatic heterocycles. The number of benzene rings is 1. The Labute approximate surface area is 235 Å². The lowest BCUT2D eigenvalue weighted by atomic mass is 10.0. The molecule has 1 aromatic carbocycles. The molecular weight excluding hydrogens is 494 g/mol. The molecule has 2 N–H and O–H groups in total. The van der Waals surface area contributed by atoms with Crippen molar-refractivity contribution in [1.29, 1.82) is 0 Å². The number of anilines is 1. The van der Waals surface area contributed by atoms with Crippen LogP contribution in [0.3, 0.4) is 0 Å². The Morgan fingerprint density at radius 3 is 2.60 bits per heavy atom. The van der Waals surface area contributed by atoms with Gasteiger partial charge in [0.25, 0.3) is 0 Å². The molecule has 40 heavy (non-hydrogen) atoms. The summed E-state index contributed by atoms with van der Waals surface area (Å²) in [6, 6.07) is 16.9. The van der Waals surface area contributed by atoms with Gasteiger partial charge in [0.1, 0.15) is 11.5 Å². The van der Waals surface area contributed by atoms with Crippen molar-refractivity contribution in [3.63, 3.8) is 0 Å². The van der Waals surface area contributed by atoms with Gasteiger partial charge in [-0.15, -0.1) is 0 Å². The third-order valence-electron chi connectivity index (χ3n) is 7.79. The Bertz CT molecular complexity index is 1700. The molecular formula is C33H35N7. The van der Waals surface area contributed by atoms with Gasteiger partial charge in [-0.2, -0.15) is 5.10 Å². The Balaban J connectivity index is 1.31. The average Bonchev–Trinajstić information content (AvgIpc) is 3.62. The third-order valence-corrected chi connectivity index (χ3v) is 7.79. The van der Waals surface area contributed by atoms with Crippen LogP contribution < -0.4 is 4.90 Å². The second kappa shape index (κ2) is 11.3. The lowest BCUT2D eigenvalue weighted by Crippen LogP contribution is -2.44. The van der Waals surface area contributed by atoms with Crippen molar-refractivity contribution < 1.29 is 0 Å². The van der Waals surface area contributed by atoms with Crippen molar-refractivity contribution in [2.45, 2.75) is 19.8 Å². The monoisotopic (exact) mass is 529 g/mol. The average molecular weight is 530 g/mol. The van der Waals surface area contributed by atoms with Gasteiger partial charge in [-0.25, -0.2) is 4.98 Å². The third kappa shape index (κ3) is 5.20. The summed E-state index contributed by atoms with van der Waals surface area (Å²) in [5.41, 5.74) is 8.30. The second-order valence-electron chi connectivity index (χ2n) is 10.4. The van der Waals surface area contributed by atoms with Crippen LogP contribution in [0.1, 0.15) is 24.6 Å². The van der Waals surface area contributed by atoms with Gasteiger partial charge < -0.3 is 14.8 Å². The molecule has 0 bridgehead atoms. The predicted molar refractivity (Wildman–Crippen MR) is 165 cm³/mol. The number of piperazine rings is 1. The van der Waals surface area contributed by atoms with Crippen molar-refractivity contribution in [3.05, 3.63) is 103 Å². The zero-order chi connectivity index (χ0) is 27.5. The fraction of sp³-hybridized carbons (Fsp3) is 0.242. The van der Waals surface area contributed by atoms with Gasteiger partial charge in [0.05, 0.1) is 28.6 Å². The number of hydrogen-bond acceptors (Lipinski definition) is 5. The van der Waals surface area contributed by atoms with E-state index in [1.165, 1.54) is 11.1 Å². The summed E-state index contributed by atoms with van der Waals surface area (Å²) in [5, 5.41) is 10.0. The van der Waals surface area contributed by atoms with Crippen LogP contribution in [0.15, 0.2) is 91.3 Å². The Morgan fingerprint density at radius 1 is 1.00 bits per heavy atom. The number of nitrogens with one attached hydrogen (secondary N) is 2. The number of H-pyrrole nitrogens is 2. The van der Waals surface area contributed by atoms with Crippen LogP contribution in [-0.2, 0) is 6.42 Å². The number of aromatic amines is 2. The van der Waals surface area contributed by atoms with Gasteiger partial charge in [-0.3, -0.25) is 10.1 Å². The summed E-state index contributed by atoms with van der Waals surface area (Å²) in [4.78, 5) is 17.9. The lowest BCUT2D eigenvalue weighted by molar-refractivity contribution is 0.312. The SMILES string of the molecule is C=C/C(=C\C(=C/C)c1cc2c(-c3cc4c(N5CCN(C)CC5)nccc4[nH]3)n[nH]c2cn1)CCc1ccccc1. The van der Waals surface area contributed by atoms with Crippen molar-refractivity contribution in [3.8, 4) is 11.4 Å². The van der Waals surface area contributed by atoms with Gasteiger partial charge in [-0.1, -0.05) is 49.1 Å². The minimum Gasteiger partial charge on any atom is -0.353 e. The van der Waals surface area contributed by atoms with Crippen LogP contribution in [0.2, 0.25) is 0 Å². The highest BCUT2D eigenvalue weighted by Gasteiger charge is 2.20. The highest BCUT2D eigenvalue weighted by atomic mass is 15.3. The summed E-state index contributed by atoms with van der Waals surface area (Å²) >= 11 is 0. The van der Waals surface area contributed by atoms with E-state index < -0.39 is 0 Å². The zero-order valence-corrected chi connectivity index (χ0v) is 23.2. The number of likely N-dealkylation sites (N-methyl/N-ethyl adjacent to an activating group) is 1. The summed E-state index contributed by atoms with van der Waals surface area (Å²) in [6.07, 6.45) is 11.9. The van der Waals surface area contributed by atoms with Crippen LogP contribution in [-0.4, -0.2) is 63.3 Å². The van der Waals surface area contributed by atoms with Crippen LogP contribution in [0, 0.1) is 0 Å². The Morgan fingerprint density at radius 2 is 1.82 bits per heavy atom. The standard InChI is InChI=1S/C33H35N7/c1-4-23(11-12-24-9-7-6-8-10-24)19-25(5-2)29-20-26-31(22-35-29)37-38-32(26)30-21-27-28(36-30)13-14-34-33(27)40-17-15-39(3)16-18-40/h4-10,13-14,19-22,36H,1,11-12,15-18H2,2-3H3,(H,37,38)/b23-19+,25-5+. The van der Waals surface area contributed by atoms with Crippen molar-refractivity contribution >= 4 is 33.2 Å². The Kier molecular flexibility index (Phi) is 7.29. The van der Waals surface area contributed by atoms with Crippen LogP contribution in [0.25, 0.3) is 38.8 Å². The van der Waals surface area contributed by atoms with Gasteiger partial charge in [0.2, 0.25) is 0 Å². The summed E-state index contributed by atoms with van der Waals surface area (Å²) < 4.78 is 0. The highest BCUT2D eigenvalue weighted by molar-refractivity contribution is 5.99. The van der Waals surface area contributed by atoms with E-state index >= 15 is 0 Å². The van der Waals surface area contributed by atoms with Gasteiger partial charge in [0, 0.05) is 43.1 Å². The minimum absolute atomic E-state index is 0.881. The second-order valence-corrected chi connectivity index (χ2v) is 10.4. The first-order valence-corrected chi connectivity index (χ1v) is 13.9. The first kappa shape index (κ1) is 25.8. The number of nitrogens with zero attached hydrogens (tertiary/aromatic N) is 5. The quantitative estimate of drug-likeness (QED) is 0.228. The fourth-order valence-corrected chi connectivity index (χ4v) is 5.39. The number of rotatable bonds is 8.